The van der Waals surface area contributed by atoms with E-state index < -0.39 is 0 Å². The third kappa shape index (κ3) is 3.53. The Morgan fingerprint density at radius 3 is 2.25 bits per heavy atom. The zero-order valence-corrected chi connectivity index (χ0v) is 12.4. The summed E-state index contributed by atoms with van der Waals surface area (Å²) in [7, 11) is 3.42. The van der Waals surface area contributed by atoms with Crippen molar-refractivity contribution in [1.29, 1.82) is 0 Å². The second-order valence-electron chi connectivity index (χ2n) is 5.03. The highest BCUT2D eigenvalue weighted by Crippen LogP contribution is 2.29. The molecule has 0 fully saturated rings. The van der Waals surface area contributed by atoms with E-state index in [1.54, 1.807) is 14.2 Å². The fourth-order valence-corrected chi connectivity index (χ4v) is 2.40. The summed E-state index contributed by atoms with van der Waals surface area (Å²) in [5.41, 5.74) is 2.62. The molecular weight excluding hydrogens is 248 g/mol. The first-order valence-corrected chi connectivity index (χ1v) is 7.00. The van der Waals surface area contributed by atoms with Crippen LogP contribution in [0.4, 0.5) is 0 Å². The van der Waals surface area contributed by atoms with E-state index in [0.717, 1.165) is 24.3 Å². The zero-order chi connectivity index (χ0) is 14.4. The molecule has 0 aliphatic rings. The number of ether oxygens (including phenoxy) is 2. The third-order valence-electron chi connectivity index (χ3n) is 3.69. The summed E-state index contributed by atoms with van der Waals surface area (Å²) in [6.45, 7) is 2.25. The largest absolute Gasteiger partial charge is 0.497 e. The molecule has 0 aliphatic carbocycles. The van der Waals surface area contributed by atoms with Crippen molar-refractivity contribution in [2.75, 3.05) is 14.2 Å². The van der Waals surface area contributed by atoms with E-state index in [9.17, 15) is 0 Å². The lowest BCUT2D eigenvalue weighted by atomic mass is 9.93. The van der Waals surface area contributed by atoms with Crippen LogP contribution in [-0.2, 0) is 6.42 Å². The summed E-state index contributed by atoms with van der Waals surface area (Å²) in [5.74, 6) is 2.37. The van der Waals surface area contributed by atoms with E-state index in [1.807, 2.05) is 24.3 Å². The van der Waals surface area contributed by atoms with Gasteiger partial charge in [0, 0.05) is 0 Å². The smallest absolute Gasteiger partial charge is 0.122 e. The van der Waals surface area contributed by atoms with E-state index >= 15 is 0 Å². The van der Waals surface area contributed by atoms with E-state index in [0.29, 0.717) is 5.92 Å². The molecule has 0 aromatic heterocycles. The molecule has 0 aliphatic heterocycles. The van der Waals surface area contributed by atoms with Gasteiger partial charge in [0.15, 0.2) is 0 Å². The fourth-order valence-electron chi connectivity index (χ4n) is 2.40. The molecule has 0 saturated carbocycles. The van der Waals surface area contributed by atoms with Gasteiger partial charge in [-0.05, 0) is 48.1 Å². The minimum absolute atomic E-state index is 0.480. The molecule has 1 atom stereocenters. The SMILES string of the molecule is COc1ccc(CCC(C)c2ccccc2OC)cc1. The predicted octanol–water partition coefficient (Wildman–Crippen LogP) is 4.44. The summed E-state index contributed by atoms with van der Waals surface area (Å²) >= 11 is 0. The van der Waals surface area contributed by atoms with Gasteiger partial charge in [-0.2, -0.15) is 0 Å². The van der Waals surface area contributed by atoms with Crippen molar-refractivity contribution in [1.82, 2.24) is 0 Å². The summed E-state index contributed by atoms with van der Waals surface area (Å²) in [4.78, 5) is 0. The normalized spacial score (nSPS) is 11.9. The molecule has 2 aromatic carbocycles. The maximum Gasteiger partial charge on any atom is 0.122 e. The topological polar surface area (TPSA) is 18.5 Å². The lowest BCUT2D eigenvalue weighted by molar-refractivity contribution is 0.405. The Kier molecular flexibility index (Phi) is 5.05. The number of hydrogen-bond acceptors (Lipinski definition) is 2. The Morgan fingerprint density at radius 1 is 0.900 bits per heavy atom. The van der Waals surface area contributed by atoms with Crippen molar-refractivity contribution in [3.63, 3.8) is 0 Å². The summed E-state index contributed by atoms with van der Waals surface area (Å²) in [5, 5.41) is 0. The number of aryl methyl sites for hydroxylation is 1. The van der Waals surface area contributed by atoms with E-state index in [4.69, 9.17) is 9.47 Å². The van der Waals surface area contributed by atoms with Gasteiger partial charge in [-0.25, -0.2) is 0 Å². The first kappa shape index (κ1) is 14.4. The van der Waals surface area contributed by atoms with E-state index in [1.165, 1.54) is 11.1 Å². The van der Waals surface area contributed by atoms with Crippen molar-refractivity contribution >= 4 is 0 Å². The lowest BCUT2D eigenvalue weighted by Crippen LogP contribution is -1.99. The maximum atomic E-state index is 5.43. The van der Waals surface area contributed by atoms with Crippen LogP contribution in [0.1, 0.15) is 30.4 Å². The summed E-state index contributed by atoms with van der Waals surface area (Å²) in [6, 6.07) is 16.6. The minimum atomic E-state index is 0.480. The molecule has 1 unspecified atom stereocenters. The Labute approximate surface area is 121 Å². The molecule has 2 nitrogen and oxygen atoms in total. The Bertz CT molecular complexity index is 531. The fraction of sp³-hybridized carbons (Fsp3) is 0.333. The molecule has 0 radical (unpaired) electrons. The molecule has 0 saturated heterocycles. The predicted molar refractivity (Wildman–Crippen MR) is 82.7 cm³/mol. The van der Waals surface area contributed by atoms with Gasteiger partial charge in [-0.1, -0.05) is 37.3 Å². The van der Waals surface area contributed by atoms with Crippen LogP contribution in [0, 0.1) is 0 Å². The van der Waals surface area contributed by atoms with Crippen LogP contribution >= 0.6 is 0 Å². The quantitative estimate of drug-likeness (QED) is 0.772. The number of para-hydroxylation sites is 1. The Morgan fingerprint density at radius 2 is 1.60 bits per heavy atom. The van der Waals surface area contributed by atoms with Gasteiger partial charge in [-0.15, -0.1) is 0 Å². The highest BCUT2D eigenvalue weighted by atomic mass is 16.5. The number of benzene rings is 2. The number of hydrogen-bond donors (Lipinski definition) is 0. The number of methoxy groups -OCH3 is 2. The highest BCUT2D eigenvalue weighted by Gasteiger charge is 2.10. The average Bonchev–Trinajstić information content (AvgIpc) is 2.53. The van der Waals surface area contributed by atoms with Gasteiger partial charge < -0.3 is 9.47 Å². The van der Waals surface area contributed by atoms with Gasteiger partial charge in [0.05, 0.1) is 14.2 Å². The van der Waals surface area contributed by atoms with Gasteiger partial charge in [0.25, 0.3) is 0 Å². The van der Waals surface area contributed by atoms with Crippen molar-refractivity contribution < 1.29 is 9.47 Å². The minimum Gasteiger partial charge on any atom is -0.497 e. The van der Waals surface area contributed by atoms with Gasteiger partial charge in [0.2, 0.25) is 0 Å². The monoisotopic (exact) mass is 270 g/mol. The molecule has 20 heavy (non-hydrogen) atoms. The molecule has 0 spiro atoms. The van der Waals surface area contributed by atoms with Crippen LogP contribution in [0.5, 0.6) is 11.5 Å². The Hall–Kier alpha value is -1.96. The van der Waals surface area contributed by atoms with Crippen LogP contribution in [0.25, 0.3) is 0 Å². The molecule has 2 heteroatoms. The lowest BCUT2D eigenvalue weighted by Gasteiger charge is -2.15. The molecule has 2 rings (SSSR count). The van der Waals surface area contributed by atoms with Crippen molar-refractivity contribution in [2.45, 2.75) is 25.7 Å². The molecule has 0 heterocycles. The standard InChI is InChI=1S/C18H22O2/c1-14(17-6-4-5-7-18(17)20-3)8-9-15-10-12-16(19-2)13-11-15/h4-7,10-14H,8-9H2,1-3H3. The highest BCUT2D eigenvalue weighted by molar-refractivity contribution is 5.36. The Balaban J connectivity index is 1.98. The molecule has 2 aromatic rings. The maximum absolute atomic E-state index is 5.43. The van der Waals surface area contributed by atoms with Gasteiger partial charge >= 0.3 is 0 Å². The van der Waals surface area contributed by atoms with E-state index in [-0.39, 0.29) is 0 Å². The third-order valence-corrected chi connectivity index (χ3v) is 3.69. The van der Waals surface area contributed by atoms with Crippen molar-refractivity contribution in [3.05, 3.63) is 59.7 Å². The van der Waals surface area contributed by atoms with Gasteiger partial charge in [-0.3, -0.25) is 0 Å². The average molecular weight is 270 g/mol. The van der Waals surface area contributed by atoms with Crippen LogP contribution in [0.2, 0.25) is 0 Å². The van der Waals surface area contributed by atoms with Crippen molar-refractivity contribution in [2.24, 2.45) is 0 Å². The zero-order valence-electron chi connectivity index (χ0n) is 12.4. The van der Waals surface area contributed by atoms with Crippen molar-refractivity contribution in [3.8, 4) is 11.5 Å². The van der Waals surface area contributed by atoms with Crippen LogP contribution in [-0.4, -0.2) is 14.2 Å². The van der Waals surface area contributed by atoms with E-state index in [2.05, 4.69) is 31.2 Å². The number of rotatable bonds is 6. The van der Waals surface area contributed by atoms with Crippen LogP contribution < -0.4 is 9.47 Å². The molecule has 0 amide bonds. The first-order valence-electron chi connectivity index (χ1n) is 7.00. The molecule has 0 N–H and O–H groups in total. The van der Waals surface area contributed by atoms with Crippen LogP contribution in [0.3, 0.4) is 0 Å². The van der Waals surface area contributed by atoms with Gasteiger partial charge in [0.1, 0.15) is 11.5 Å². The molecular formula is C18H22O2. The summed E-state index contributed by atoms with van der Waals surface area (Å²) in [6.07, 6.45) is 2.16. The van der Waals surface area contributed by atoms with Crippen LogP contribution in [0.15, 0.2) is 48.5 Å². The first-order chi connectivity index (χ1) is 9.74. The second kappa shape index (κ2) is 6.99. The second-order valence-corrected chi connectivity index (χ2v) is 5.03. The molecule has 0 bridgehead atoms. The molecule has 106 valence electrons. The summed E-state index contributed by atoms with van der Waals surface area (Å²) < 4.78 is 10.6.